The van der Waals surface area contributed by atoms with Gasteiger partial charge in [0.25, 0.3) is 0 Å². The van der Waals surface area contributed by atoms with Gasteiger partial charge < -0.3 is 50.0 Å². The van der Waals surface area contributed by atoms with Crippen LogP contribution >= 0.6 is 0 Å². The van der Waals surface area contributed by atoms with Gasteiger partial charge in [0.15, 0.2) is 18.2 Å². The molecule has 24 heavy (non-hydrogen) atoms. The van der Waals surface area contributed by atoms with Crippen molar-refractivity contribution < 1.29 is 54.3 Å². The monoisotopic (exact) mass is 358 g/mol. The molecule has 5 unspecified atom stereocenters. The summed E-state index contributed by atoms with van der Waals surface area (Å²) in [6.07, 6.45) is -15.6. The maximum atomic E-state index is 14.2. The summed E-state index contributed by atoms with van der Waals surface area (Å²) in [5.74, 6) is -2.09. The Balaban J connectivity index is 2.18. The standard InChI is InChI=1S/C13H23FO10/c1-13(11(21)10(20)8(18)5(3-16)23-13)24-12-6(14)9(19)7(17)4(2-15)22-12/h4-12,15-21H,2-3H2,1H3/t4-,5?,6?,7-,8+,9?,10?,11?,12-,13-/m1/s1. The van der Waals surface area contributed by atoms with Gasteiger partial charge in [0.2, 0.25) is 0 Å². The molecule has 0 radical (unpaired) electrons. The van der Waals surface area contributed by atoms with Crippen molar-refractivity contribution in [2.45, 2.75) is 67.9 Å². The van der Waals surface area contributed by atoms with Gasteiger partial charge >= 0.3 is 0 Å². The molecule has 2 aliphatic heterocycles. The van der Waals surface area contributed by atoms with Crippen molar-refractivity contribution in [3.63, 3.8) is 0 Å². The number of aliphatic hydroxyl groups is 7. The summed E-state index contributed by atoms with van der Waals surface area (Å²) in [4.78, 5) is 0. The first-order valence-electron chi connectivity index (χ1n) is 7.43. The first-order chi connectivity index (χ1) is 11.2. The lowest BCUT2D eigenvalue weighted by Crippen LogP contribution is -2.67. The second kappa shape index (κ2) is 7.41. The van der Waals surface area contributed by atoms with Gasteiger partial charge in [-0.1, -0.05) is 0 Å². The van der Waals surface area contributed by atoms with Gasteiger partial charge in [-0.3, -0.25) is 0 Å². The molecule has 0 spiro atoms. The molecule has 0 aromatic rings. The SMILES string of the molecule is C[C@]1(O[C@H]2O[C@H](CO)[C@@H](O)C(O)C2F)OC(CO)[C@H](O)C(O)C1O. The van der Waals surface area contributed by atoms with Crippen LogP contribution in [0.2, 0.25) is 0 Å². The zero-order valence-corrected chi connectivity index (χ0v) is 12.8. The quantitative estimate of drug-likeness (QED) is 0.263. The van der Waals surface area contributed by atoms with Crippen molar-refractivity contribution >= 4 is 0 Å². The van der Waals surface area contributed by atoms with Crippen molar-refractivity contribution in [1.29, 1.82) is 0 Å². The molecule has 10 atom stereocenters. The van der Waals surface area contributed by atoms with E-state index in [0.717, 1.165) is 6.92 Å². The van der Waals surface area contributed by atoms with Gasteiger partial charge in [-0.15, -0.1) is 0 Å². The number of halogens is 1. The van der Waals surface area contributed by atoms with Crippen molar-refractivity contribution in [2.75, 3.05) is 13.2 Å². The van der Waals surface area contributed by atoms with Gasteiger partial charge in [-0.2, -0.15) is 0 Å². The first-order valence-corrected chi connectivity index (χ1v) is 7.43. The minimum Gasteiger partial charge on any atom is -0.394 e. The van der Waals surface area contributed by atoms with Crippen LogP contribution in [0.1, 0.15) is 6.92 Å². The number of ether oxygens (including phenoxy) is 3. The van der Waals surface area contributed by atoms with Crippen molar-refractivity contribution in [3.8, 4) is 0 Å². The van der Waals surface area contributed by atoms with Gasteiger partial charge in [-0.25, -0.2) is 4.39 Å². The molecule has 0 aromatic carbocycles. The molecule has 11 heteroatoms. The molecular formula is C13H23FO10. The minimum atomic E-state index is -2.24. The molecule has 142 valence electrons. The number of hydrogen-bond donors (Lipinski definition) is 7. The maximum Gasteiger partial charge on any atom is 0.197 e. The lowest BCUT2D eigenvalue weighted by atomic mass is 9.93. The van der Waals surface area contributed by atoms with Crippen LogP contribution in [-0.2, 0) is 14.2 Å². The fourth-order valence-corrected chi connectivity index (χ4v) is 2.77. The van der Waals surface area contributed by atoms with Gasteiger partial charge in [0.05, 0.1) is 13.2 Å². The molecule has 0 bridgehead atoms. The van der Waals surface area contributed by atoms with E-state index in [2.05, 4.69) is 0 Å². The Hall–Kier alpha value is -0.470. The largest absolute Gasteiger partial charge is 0.394 e. The molecule has 2 rings (SSSR count). The Kier molecular flexibility index (Phi) is 6.13. The van der Waals surface area contributed by atoms with Crippen LogP contribution < -0.4 is 0 Å². The van der Waals surface area contributed by atoms with E-state index in [1.54, 1.807) is 0 Å². The Labute approximate surface area is 136 Å². The predicted octanol–water partition coefficient (Wildman–Crippen LogP) is -4.03. The van der Waals surface area contributed by atoms with Crippen molar-refractivity contribution in [1.82, 2.24) is 0 Å². The van der Waals surface area contributed by atoms with Crippen LogP contribution in [-0.4, -0.2) is 110 Å². The summed E-state index contributed by atoms with van der Waals surface area (Å²) >= 11 is 0. The highest BCUT2D eigenvalue weighted by molar-refractivity contribution is 4.97. The van der Waals surface area contributed by atoms with E-state index in [1.807, 2.05) is 0 Å². The molecule has 10 nitrogen and oxygen atoms in total. The molecule has 0 aromatic heterocycles. The van der Waals surface area contributed by atoms with E-state index in [1.165, 1.54) is 0 Å². The average molecular weight is 358 g/mol. The molecule has 0 amide bonds. The molecule has 0 aliphatic carbocycles. The van der Waals surface area contributed by atoms with Crippen LogP contribution in [0.5, 0.6) is 0 Å². The second-order valence-corrected chi connectivity index (χ2v) is 6.05. The van der Waals surface area contributed by atoms with Crippen LogP contribution in [0.15, 0.2) is 0 Å². The highest BCUT2D eigenvalue weighted by atomic mass is 19.1. The van der Waals surface area contributed by atoms with E-state index >= 15 is 0 Å². The average Bonchev–Trinajstić information content (AvgIpc) is 2.57. The summed E-state index contributed by atoms with van der Waals surface area (Å²) in [5, 5.41) is 67.1. The first kappa shape index (κ1) is 19.8. The van der Waals surface area contributed by atoms with Gasteiger partial charge in [0, 0.05) is 0 Å². The third kappa shape index (κ3) is 3.42. The normalized spacial score (nSPS) is 53.1. The smallest absolute Gasteiger partial charge is 0.197 e. The third-order valence-electron chi connectivity index (χ3n) is 4.31. The zero-order valence-electron chi connectivity index (χ0n) is 12.8. The minimum absolute atomic E-state index is 0.713. The molecule has 2 saturated heterocycles. The fourth-order valence-electron chi connectivity index (χ4n) is 2.77. The maximum absolute atomic E-state index is 14.2. The van der Waals surface area contributed by atoms with E-state index in [4.69, 9.17) is 24.4 Å². The van der Waals surface area contributed by atoms with E-state index < -0.39 is 74.2 Å². The van der Waals surface area contributed by atoms with Crippen LogP contribution in [0.25, 0.3) is 0 Å². The summed E-state index contributed by atoms with van der Waals surface area (Å²) in [7, 11) is 0. The van der Waals surface area contributed by atoms with E-state index in [9.17, 15) is 29.9 Å². The predicted molar refractivity (Wildman–Crippen MR) is 72.1 cm³/mol. The number of alkyl halides is 1. The summed E-state index contributed by atoms with van der Waals surface area (Å²) in [6, 6.07) is 0. The Morgan fingerprint density at radius 1 is 0.917 bits per heavy atom. The summed E-state index contributed by atoms with van der Waals surface area (Å²) in [6.45, 7) is -0.322. The molecule has 2 fully saturated rings. The molecule has 2 heterocycles. The van der Waals surface area contributed by atoms with E-state index in [-0.39, 0.29) is 0 Å². The zero-order chi connectivity index (χ0) is 18.2. The summed E-state index contributed by atoms with van der Waals surface area (Å²) < 4.78 is 29.6. The number of aliphatic hydroxyl groups excluding tert-OH is 7. The van der Waals surface area contributed by atoms with E-state index in [0.29, 0.717) is 0 Å². The number of hydrogen-bond acceptors (Lipinski definition) is 10. The highest BCUT2D eigenvalue weighted by Crippen LogP contribution is 2.35. The number of rotatable bonds is 4. The molecule has 2 aliphatic rings. The summed E-state index contributed by atoms with van der Waals surface area (Å²) in [5.41, 5.74) is 0. The van der Waals surface area contributed by atoms with Gasteiger partial charge in [-0.05, 0) is 6.92 Å². The van der Waals surface area contributed by atoms with Crippen molar-refractivity contribution in [3.05, 3.63) is 0 Å². The van der Waals surface area contributed by atoms with Gasteiger partial charge in [0.1, 0.15) is 42.7 Å². The second-order valence-electron chi connectivity index (χ2n) is 6.05. The van der Waals surface area contributed by atoms with Crippen LogP contribution in [0.3, 0.4) is 0 Å². The lowest BCUT2D eigenvalue weighted by Gasteiger charge is -2.49. The van der Waals surface area contributed by atoms with Crippen LogP contribution in [0.4, 0.5) is 4.39 Å². The third-order valence-corrected chi connectivity index (χ3v) is 4.31. The fraction of sp³-hybridized carbons (Fsp3) is 1.00. The van der Waals surface area contributed by atoms with Crippen molar-refractivity contribution in [2.24, 2.45) is 0 Å². The Morgan fingerprint density at radius 2 is 1.46 bits per heavy atom. The Morgan fingerprint density at radius 3 is 2.00 bits per heavy atom. The Bertz CT molecular complexity index is 424. The molecule has 0 saturated carbocycles. The topological polar surface area (TPSA) is 169 Å². The molecular weight excluding hydrogens is 335 g/mol. The highest BCUT2D eigenvalue weighted by Gasteiger charge is 2.55. The van der Waals surface area contributed by atoms with Crippen LogP contribution in [0, 0.1) is 0 Å². The molecule has 7 N–H and O–H groups in total. The lowest BCUT2D eigenvalue weighted by molar-refractivity contribution is -0.412.